The molecule has 124 valence electrons. The molecule has 0 amide bonds. The number of fused-ring (bicyclic) bond motifs is 1. The van der Waals surface area contributed by atoms with Crippen LogP contribution in [0.3, 0.4) is 0 Å². The van der Waals surface area contributed by atoms with Gasteiger partial charge in [-0.1, -0.05) is 53.4 Å². The topological polar surface area (TPSA) is 47.3 Å². The number of hydrogen-bond donors (Lipinski definition) is 2. The average molecular weight is 296 g/mol. The smallest absolute Gasteiger partial charge is 0.0691 e. The van der Waals surface area contributed by atoms with Crippen LogP contribution >= 0.6 is 0 Å². The van der Waals surface area contributed by atoms with Gasteiger partial charge in [-0.2, -0.15) is 0 Å². The van der Waals surface area contributed by atoms with E-state index in [1.165, 1.54) is 32.1 Å². The predicted octanol–water partition coefficient (Wildman–Crippen LogP) is 3.32. The van der Waals surface area contributed by atoms with E-state index in [-0.39, 0.29) is 11.0 Å². The Morgan fingerprint density at radius 1 is 1.19 bits per heavy atom. The maximum absolute atomic E-state index is 6.72. The van der Waals surface area contributed by atoms with Crippen LogP contribution in [0.2, 0.25) is 0 Å². The van der Waals surface area contributed by atoms with Gasteiger partial charge in [0.2, 0.25) is 0 Å². The first-order chi connectivity index (χ1) is 9.89. The highest BCUT2D eigenvalue weighted by atomic mass is 16.5. The molecule has 21 heavy (non-hydrogen) atoms. The van der Waals surface area contributed by atoms with Crippen molar-refractivity contribution in [2.24, 2.45) is 23.0 Å². The van der Waals surface area contributed by atoms with Crippen LogP contribution in [0.5, 0.6) is 0 Å². The molecule has 0 aromatic carbocycles. The Bertz CT molecular complexity index is 329. The van der Waals surface area contributed by atoms with E-state index in [1.54, 1.807) is 0 Å². The largest absolute Gasteiger partial charge is 0.377 e. The summed E-state index contributed by atoms with van der Waals surface area (Å²) >= 11 is 0. The summed E-state index contributed by atoms with van der Waals surface area (Å²) in [4.78, 5) is 0. The molecule has 0 radical (unpaired) electrons. The quantitative estimate of drug-likeness (QED) is 0.642. The molecule has 1 aliphatic heterocycles. The Kier molecular flexibility index (Phi) is 5.72. The Morgan fingerprint density at radius 2 is 1.90 bits per heavy atom. The Labute approximate surface area is 131 Å². The SMILES string of the molecule is CC(C)CCCCCCNCC1(N)C2CCOC2C1(C)C. The third-order valence-electron chi connectivity index (χ3n) is 5.97. The van der Waals surface area contributed by atoms with Gasteiger partial charge in [0, 0.05) is 30.0 Å². The van der Waals surface area contributed by atoms with Crippen LogP contribution in [0.4, 0.5) is 0 Å². The van der Waals surface area contributed by atoms with Crippen molar-refractivity contribution in [1.82, 2.24) is 5.32 Å². The standard InChI is InChI=1S/C18H36N2O/c1-14(2)9-7-5-6-8-11-20-13-18(19)15-10-12-21-16(15)17(18,3)4/h14-16,20H,5-13,19H2,1-4H3. The van der Waals surface area contributed by atoms with E-state index in [4.69, 9.17) is 10.5 Å². The molecule has 0 aromatic rings. The molecule has 1 heterocycles. The monoisotopic (exact) mass is 296 g/mol. The highest BCUT2D eigenvalue weighted by molar-refractivity contribution is 5.21. The zero-order chi connectivity index (χ0) is 15.5. The molecule has 0 spiro atoms. The van der Waals surface area contributed by atoms with Crippen LogP contribution in [-0.2, 0) is 4.74 Å². The Hall–Kier alpha value is -0.120. The van der Waals surface area contributed by atoms with Gasteiger partial charge in [-0.3, -0.25) is 0 Å². The van der Waals surface area contributed by atoms with E-state index in [0.717, 1.165) is 32.0 Å². The summed E-state index contributed by atoms with van der Waals surface area (Å²) in [5, 5.41) is 3.62. The van der Waals surface area contributed by atoms with Gasteiger partial charge in [0.1, 0.15) is 0 Å². The number of hydrogen-bond acceptors (Lipinski definition) is 3. The summed E-state index contributed by atoms with van der Waals surface area (Å²) in [6.07, 6.45) is 8.28. The molecule has 3 heteroatoms. The second-order valence-electron chi connectivity index (χ2n) is 8.22. The van der Waals surface area contributed by atoms with E-state index >= 15 is 0 Å². The summed E-state index contributed by atoms with van der Waals surface area (Å²) in [7, 11) is 0. The van der Waals surface area contributed by atoms with Crippen molar-refractivity contribution in [2.45, 2.75) is 77.9 Å². The Morgan fingerprint density at radius 3 is 2.62 bits per heavy atom. The molecular formula is C18H36N2O. The molecule has 2 rings (SSSR count). The highest BCUT2D eigenvalue weighted by Crippen LogP contribution is 2.57. The first-order valence-electron chi connectivity index (χ1n) is 9.01. The van der Waals surface area contributed by atoms with Crippen LogP contribution in [0.15, 0.2) is 0 Å². The van der Waals surface area contributed by atoms with Crippen LogP contribution in [-0.4, -0.2) is 31.3 Å². The first kappa shape index (κ1) is 17.2. The van der Waals surface area contributed by atoms with Crippen LogP contribution in [0.25, 0.3) is 0 Å². The molecule has 0 bridgehead atoms. The molecule has 2 fully saturated rings. The van der Waals surface area contributed by atoms with E-state index in [0.29, 0.717) is 12.0 Å². The lowest BCUT2D eigenvalue weighted by Gasteiger charge is -2.62. The van der Waals surface area contributed by atoms with Gasteiger partial charge >= 0.3 is 0 Å². The molecule has 1 aliphatic carbocycles. The lowest BCUT2D eigenvalue weighted by Crippen LogP contribution is -2.78. The normalized spacial score (nSPS) is 34.0. The summed E-state index contributed by atoms with van der Waals surface area (Å²) in [5.41, 5.74) is 6.75. The molecule has 3 atom stereocenters. The number of ether oxygens (including phenoxy) is 1. The fourth-order valence-corrected chi connectivity index (χ4v) is 4.29. The number of unbranched alkanes of at least 4 members (excludes halogenated alkanes) is 3. The van der Waals surface area contributed by atoms with Gasteiger partial charge in [0.25, 0.3) is 0 Å². The second-order valence-corrected chi connectivity index (χ2v) is 8.22. The minimum absolute atomic E-state index is 0.0776. The zero-order valence-corrected chi connectivity index (χ0v) is 14.6. The minimum Gasteiger partial charge on any atom is -0.377 e. The number of rotatable bonds is 9. The van der Waals surface area contributed by atoms with Crippen molar-refractivity contribution in [3.05, 3.63) is 0 Å². The average Bonchev–Trinajstić information content (AvgIpc) is 2.89. The Balaban J connectivity index is 1.58. The minimum atomic E-state index is -0.0776. The molecule has 2 aliphatic rings. The van der Waals surface area contributed by atoms with Gasteiger partial charge in [-0.25, -0.2) is 0 Å². The van der Waals surface area contributed by atoms with Gasteiger partial charge < -0.3 is 15.8 Å². The van der Waals surface area contributed by atoms with E-state index < -0.39 is 0 Å². The van der Waals surface area contributed by atoms with Crippen molar-refractivity contribution in [3.8, 4) is 0 Å². The lowest BCUT2D eigenvalue weighted by atomic mass is 9.48. The molecule has 1 saturated heterocycles. The van der Waals surface area contributed by atoms with Gasteiger partial charge in [0.15, 0.2) is 0 Å². The molecule has 1 saturated carbocycles. The molecule has 3 unspecified atom stereocenters. The fourth-order valence-electron chi connectivity index (χ4n) is 4.29. The predicted molar refractivity (Wildman–Crippen MR) is 89.3 cm³/mol. The van der Waals surface area contributed by atoms with E-state index in [2.05, 4.69) is 33.0 Å². The second kappa shape index (κ2) is 6.97. The fraction of sp³-hybridized carbons (Fsp3) is 1.00. The summed E-state index contributed by atoms with van der Waals surface area (Å²) in [6, 6.07) is 0. The van der Waals surface area contributed by atoms with Gasteiger partial charge in [-0.05, 0) is 25.3 Å². The zero-order valence-electron chi connectivity index (χ0n) is 14.6. The maximum Gasteiger partial charge on any atom is 0.0691 e. The first-order valence-corrected chi connectivity index (χ1v) is 9.01. The highest BCUT2D eigenvalue weighted by Gasteiger charge is 2.67. The van der Waals surface area contributed by atoms with Crippen molar-refractivity contribution in [1.29, 1.82) is 0 Å². The van der Waals surface area contributed by atoms with Crippen molar-refractivity contribution < 1.29 is 4.74 Å². The molecule has 3 N–H and O–H groups in total. The van der Waals surface area contributed by atoms with Crippen molar-refractivity contribution >= 4 is 0 Å². The van der Waals surface area contributed by atoms with Crippen LogP contribution < -0.4 is 11.1 Å². The van der Waals surface area contributed by atoms with Gasteiger partial charge in [-0.15, -0.1) is 0 Å². The van der Waals surface area contributed by atoms with Gasteiger partial charge in [0.05, 0.1) is 6.10 Å². The maximum atomic E-state index is 6.72. The summed E-state index contributed by atoms with van der Waals surface area (Å²) in [6.45, 7) is 12.1. The molecule has 3 nitrogen and oxygen atoms in total. The third kappa shape index (κ3) is 3.46. The van der Waals surface area contributed by atoms with E-state index in [9.17, 15) is 0 Å². The molecular weight excluding hydrogens is 260 g/mol. The summed E-state index contributed by atoms with van der Waals surface area (Å²) < 4.78 is 5.85. The van der Waals surface area contributed by atoms with E-state index in [1.807, 2.05) is 0 Å². The third-order valence-corrected chi connectivity index (χ3v) is 5.97. The van der Waals surface area contributed by atoms with Crippen molar-refractivity contribution in [2.75, 3.05) is 19.7 Å². The van der Waals surface area contributed by atoms with Crippen molar-refractivity contribution in [3.63, 3.8) is 0 Å². The molecule has 0 aromatic heterocycles. The van der Waals surface area contributed by atoms with Crippen LogP contribution in [0, 0.1) is 17.3 Å². The number of nitrogens with two attached hydrogens (primary N) is 1. The van der Waals surface area contributed by atoms with Crippen LogP contribution in [0.1, 0.15) is 66.2 Å². The summed E-state index contributed by atoms with van der Waals surface area (Å²) in [5.74, 6) is 1.41. The lowest BCUT2D eigenvalue weighted by molar-refractivity contribution is -0.153. The number of nitrogens with one attached hydrogen (secondary N) is 1.